The van der Waals surface area contributed by atoms with Crippen LogP contribution >= 0.6 is 0 Å². The molecular formula is C25H20N4O2. The molecule has 0 spiro atoms. The van der Waals surface area contributed by atoms with Gasteiger partial charge in [0.2, 0.25) is 0 Å². The van der Waals surface area contributed by atoms with Crippen LogP contribution in [-0.4, -0.2) is 21.8 Å². The summed E-state index contributed by atoms with van der Waals surface area (Å²) in [6, 6.07) is 23.7. The van der Waals surface area contributed by atoms with Gasteiger partial charge in [0, 0.05) is 34.9 Å². The van der Waals surface area contributed by atoms with Crippen molar-refractivity contribution >= 4 is 23.2 Å². The zero-order valence-electron chi connectivity index (χ0n) is 16.9. The third kappa shape index (κ3) is 4.82. The van der Waals surface area contributed by atoms with Crippen LogP contribution in [0.15, 0.2) is 91.3 Å². The van der Waals surface area contributed by atoms with Crippen molar-refractivity contribution in [2.24, 2.45) is 0 Å². The lowest BCUT2D eigenvalue weighted by atomic mass is 10.1. The smallest absolute Gasteiger partial charge is 0.257 e. The highest BCUT2D eigenvalue weighted by Crippen LogP contribution is 2.21. The van der Waals surface area contributed by atoms with Crippen molar-refractivity contribution in [2.45, 2.75) is 6.92 Å². The summed E-state index contributed by atoms with van der Waals surface area (Å²) in [6.07, 6.45) is 3.12. The molecule has 4 aromatic rings. The largest absolute Gasteiger partial charge is 0.322 e. The van der Waals surface area contributed by atoms with Crippen LogP contribution in [0.2, 0.25) is 0 Å². The van der Waals surface area contributed by atoms with Gasteiger partial charge >= 0.3 is 0 Å². The van der Waals surface area contributed by atoms with Crippen LogP contribution < -0.4 is 10.6 Å². The third-order valence-corrected chi connectivity index (χ3v) is 4.72. The molecule has 0 radical (unpaired) electrons. The average molecular weight is 408 g/mol. The lowest BCUT2D eigenvalue weighted by Crippen LogP contribution is -2.15. The minimum absolute atomic E-state index is 0.248. The number of aryl methyl sites for hydroxylation is 1. The van der Waals surface area contributed by atoms with E-state index in [-0.39, 0.29) is 11.8 Å². The number of amides is 2. The summed E-state index contributed by atoms with van der Waals surface area (Å²) in [7, 11) is 0. The number of hydrogen-bond acceptors (Lipinski definition) is 4. The Labute approximate surface area is 180 Å². The van der Waals surface area contributed by atoms with E-state index in [0.717, 1.165) is 11.3 Å². The lowest BCUT2D eigenvalue weighted by molar-refractivity contribution is 0.101. The Balaban J connectivity index is 1.47. The average Bonchev–Trinajstić information content (AvgIpc) is 2.80. The molecule has 0 aliphatic rings. The molecule has 2 amide bonds. The summed E-state index contributed by atoms with van der Waals surface area (Å²) >= 11 is 0. The minimum atomic E-state index is -0.262. The maximum atomic E-state index is 12.8. The zero-order chi connectivity index (χ0) is 21.6. The lowest BCUT2D eigenvalue weighted by Gasteiger charge is -2.11. The number of benzene rings is 2. The predicted octanol–water partition coefficient (Wildman–Crippen LogP) is 4.96. The monoisotopic (exact) mass is 408 g/mol. The number of carbonyl (C=O) groups excluding carboxylic acids is 2. The van der Waals surface area contributed by atoms with Crippen LogP contribution in [0.25, 0.3) is 11.3 Å². The van der Waals surface area contributed by atoms with E-state index < -0.39 is 0 Å². The van der Waals surface area contributed by atoms with Crippen LogP contribution in [0.1, 0.15) is 26.4 Å². The van der Waals surface area contributed by atoms with Gasteiger partial charge in [0.1, 0.15) is 0 Å². The second kappa shape index (κ2) is 9.00. The molecule has 0 fully saturated rings. The summed E-state index contributed by atoms with van der Waals surface area (Å²) in [4.78, 5) is 33.6. The number of hydrogen-bond donors (Lipinski definition) is 2. The number of nitrogens with one attached hydrogen (secondary N) is 2. The highest BCUT2D eigenvalue weighted by Gasteiger charge is 2.13. The van der Waals surface area contributed by atoms with Crippen molar-refractivity contribution in [3.8, 4) is 11.3 Å². The Morgan fingerprint density at radius 2 is 1.42 bits per heavy atom. The Kier molecular flexibility index (Phi) is 5.80. The first-order valence-corrected chi connectivity index (χ1v) is 9.76. The van der Waals surface area contributed by atoms with E-state index in [2.05, 4.69) is 20.6 Å². The standard InChI is InChI=1S/C25H20N4O2/c1-17-22(10-11-23(27-17)18-6-3-2-4-7-18)25(31)29-21-9-5-8-20(16-21)28-24(30)19-12-14-26-15-13-19/h2-16H,1H3,(H,28,30)(H,29,31). The number of nitrogens with zero attached hydrogens (tertiary/aromatic N) is 2. The second-order valence-corrected chi connectivity index (χ2v) is 6.92. The molecule has 2 heterocycles. The Hall–Kier alpha value is -4.32. The van der Waals surface area contributed by atoms with E-state index in [1.54, 1.807) is 54.9 Å². The third-order valence-electron chi connectivity index (χ3n) is 4.72. The summed E-state index contributed by atoms with van der Waals surface area (Å²) in [5.41, 5.74) is 4.60. The molecule has 0 saturated heterocycles. The molecule has 0 saturated carbocycles. The Morgan fingerprint density at radius 1 is 0.742 bits per heavy atom. The fourth-order valence-electron chi connectivity index (χ4n) is 3.15. The van der Waals surface area contributed by atoms with Crippen molar-refractivity contribution in [2.75, 3.05) is 10.6 Å². The quantitative estimate of drug-likeness (QED) is 0.489. The van der Waals surface area contributed by atoms with Gasteiger partial charge in [-0.15, -0.1) is 0 Å². The molecule has 152 valence electrons. The molecule has 4 rings (SSSR count). The molecular weight excluding hydrogens is 388 g/mol. The van der Waals surface area contributed by atoms with Gasteiger partial charge in [-0.1, -0.05) is 36.4 Å². The molecule has 0 aliphatic heterocycles. The first-order chi connectivity index (χ1) is 15.1. The van der Waals surface area contributed by atoms with E-state index in [9.17, 15) is 9.59 Å². The summed E-state index contributed by atoms with van der Waals surface area (Å²) in [5, 5.41) is 5.69. The fraction of sp³-hybridized carbons (Fsp3) is 0.0400. The molecule has 2 N–H and O–H groups in total. The van der Waals surface area contributed by atoms with Crippen LogP contribution in [-0.2, 0) is 0 Å². The van der Waals surface area contributed by atoms with E-state index in [1.807, 2.05) is 43.3 Å². The maximum absolute atomic E-state index is 12.8. The number of aromatic nitrogens is 2. The number of rotatable bonds is 5. The molecule has 2 aromatic carbocycles. The number of carbonyl (C=O) groups is 2. The van der Waals surface area contributed by atoms with Crippen molar-refractivity contribution < 1.29 is 9.59 Å². The van der Waals surface area contributed by atoms with Gasteiger partial charge in [0.15, 0.2) is 0 Å². The number of anilines is 2. The molecule has 0 unspecified atom stereocenters. The van der Waals surface area contributed by atoms with E-state index >= 15 is 0 Å². The molecule has 31 heavy (non-hydrogen) atoms. The van der Waals surface area contributed by atoms with Crippen LogP contribution in [0.3, 0.4) is 0 Å². The van der Waals surface area contributed by atoms with Gasteiger partial charge in [-0.25, -0.2) is 0 Å². The van der Waals surface area contributed by atoms with Gasteiger partial charge in [0.25, 0.3) is 11.8 Å². The summed E-state index contributed by atoms with van der Waals surface area (Å²) < 4.78 is 0. The van der Waals surface area contributed by atoms with Gasteiger partial charge in [0.05, 0.1) is 17.0 Å². The highest BCUT2D eigenvalue weighted by atomic mass is 16.2. The topological polar surface area (TPSA) is 84.0 Å². The van der Waals surface area contributed by atoms with Crippen molar-refractivity contribution in [3.05, 3.63) is 108 Å². The SMILES string of the molecule is Cc1nc(-c2ccccc2)ccc1C(=O)Nc1cccc(NC(=O)c2ccncc2)c1. The molecule has 6 nitrogen and oxygen atoms in total. The molecule has 0 atom stereocenters. The van der Waals surface area contributed by atoms with Gasteiger partial charge in [-0.05, 0) is 49.4 Å². The second-order valence-electron chi connectivity index (χ2n) is 6.92. The van der Waals surface area contributed by atoms with E-state index in [1.165, 1.54) is 0 Å². The molecule has 0 aliphatic carbocycles. The zero-order valence-corrected chi connectivity index (χ0v) is 16.9. The van der Waals surface area contributed by atoms with Crippen LogP contribution in [0.5, 0.6) is 0 Å². The van der Waals surface area contributed by atoms with Gasteiger partial charge in [-0.3, -0.25) is 19.6 Å². The van der Waals surface area contributed by atoms with E-state index in [4.69, 9.17) is 0 Å². The van der Waals surface area contributed by atoms with Crippen LogP contribution in [0.4, 0.5) is 11.4 Å². The highest BCUT2D eigenvalue weighted by molar-refractivity contribution is 6.06. The first kappa shape index (κ1) is 20.0. The first-order valence-electron chi connectivity index (χ1n) is 9.76. The van der Waals surface area contributed by atoms with Crippen molar-refractivity contribution in [1.82, 2.24) is 9.97 Å². The van der Waals surface area contributed by atoms with E-state index in [0.29, 0.717) is 28.2 Å². The minimum Gasteiger partial charge on any atom is -0.322 e. The van der Waals surface area contributed by atoms with Gasteiger partial charge in [-0.2, -0.15) is 0 Å². The van der Waals surface area contributed by atoms with Crippen molar-refractivity contribution in [3.63, 3.8) is 0 Å². The molecule has 6 heteroatoms. The van der Waals surface area contributed by atoms with Crippen molar-refractivity contribution in [1.29, 1.82) is 0 Å². The maximum Gasteiger partial charge on any atom is 0.257 e. The Morgan fingerprint density at radius 3 is 2.10 bits per heavy atom. The summed E-state index contributed by atoms with van der Waals surface area (Å²) in [5.74, 6) is -0.510. The van der Waals surface area contributed by atoms with Gasteiger partial charge < -0.3 is 10.6 Å². The fourth-order valence-corrected chi connectivity index (χ4v) is 3.15. The molecule has 2 aromatic heterocycles. The molecule has 0 bridgehead atoms. The summed E-state index contributed by atoms with van der Waals surface area (Å²) in [6.45, 7) is 1.81. The number of pyridine rings is 2. The Bertz CT molecular complexity index is 1220. The van der Waals surface area contributed by atoms with Crippen LogP contribution in [0, 0.1) is 6.92 Å². The predicted molar refractivity (Wildman–Crippen MR) is 121 cm³/mol. The normalized spacial score (nSPS) is 10.4.